The van der Waals surface area contributed by atoms with E-state index in [1.165, 1.54) is 0 Å². The van der Waals surface area contributed by atoms with E-state index in [2.05, 4.69) is 5.32 Å². The molecule has 1 aromatic rings. The average molecular weight is 298 g/mol. The van der Waals surface area contributed by atoms with Gasteiger partial charge in [0.25, 0.3) is 0 Å². The maximum absolute atomic E-state index is 11.8. The molecule has 1 amide bonds. The van der Waals surface area contributed by atoms with Crippen LogP contribution < -0.4 is 11.1 Å². The van der Waals surface area contributed by atoms with Crippen LogP contribution in [0.25, 0.3) is 0 Å². The number of ketones is 1. The SMILES string of the molecule is NCCNC(=O)CCS(=O)(=O)CC(=O)c1ccccc1. The number of hydrogen-bond donors (Lipinski definition) is 2. The van der Waals surface area contributed by atoms with Gasteiger partial charge >= 0.3 is 0 Å². The highest BCUT2D eigenvalue weighted by Gasteiger charge is 2.19. The summed E-state index contributed by atoms with van der Waals surface area (Å²) in [6, 6.07) is 8.20. The Bertz CT molecular complexity index is 555. The monoisotopic (exact) mass is 298 g/mol. The van der Waals surface area contributed by atoms with E-state index in [0.29, 0.717) is 18.7 Å². The van der Waals surface area contributed by atoms with E-state index < -0.39 is 21.4 Å². The van der Waals surface area contributed by atoms with Crippen LogP contribution in [0.1, 0.15) is 16.8 Å². The van der Waals surface area contributed by atoms with Crippen LogP contribution in [-0.4, -0.2) is 44.7 Å². The fourth-order valence-corrected chi connectivity index (χ4v) is 2.73. The minimum absolute atomic E-state index is 0.162. The van der Waals surface area contributed by atoms with Gasteiger partial charge in [-0.2, -0.15) is 0 Å². The Morgan fingerprint density at radius 3 is 2.40 bits per heavy atom. The first-order valence-corrected chi connectivity index (χ1v) is 8.02. The highest BCUT2D eigenvalue weighted by Crippen LogP contribution is 2.04. The third-order valence-corrected chi connectivity index (χ3v) is 4.08. The average Bonchev–Trinajstić information content (AvgIpc) is 2.43. The summed E-state index contributed by atoms with van der Waals surface area (Å²) in [4.78, 5) is 23.1. The number of nitrogens with one attached hydrogen (secondary N) is 1. The molecular formula is C13H18N2O4S. The van der Waals surface area contributed by atoms with Gasteiger partial charge in [0.1, 0.15) is 5.75 Å². The van der Waals surface area contributed by atoms with E-state index in [-0.39, 0.29) is 18.1 Å². The summed E-state index contributed by atoms with van der Waals surface area (Å²) in [6.07, 6.45) is -0.162. The molecule has 0 aliphatic carbocycles. The number of amides is 1. The van der Waals surface area contributed by atoms with Crippen molar-refractivity contribution in [1.82, 2.24) is 5.32 Å². The molecule has 0 unspecified atom stereocenters. The Balaban J connectivity index is 2.50. The summed E-state index contributed by atoms with van der Waals surface area (Å²) in [6.45, 7) is 0.604. The number of nitrogens with two attached hydrogens (primary N) is 1. The Kier molecular flexibility index (Phi) is 6.33. The van der Waals surface area contributed by atoms with Crippen molar-refractivity contribution in [2.75, 3.05) is 24.6 Å². The van der Waals surface area contributed by atoms with Crippen molar-refractivity contribution >= 4 is 21.5 Å². The summed E-state index contributed by atoms with van der Waals surface area (Å²) in [5.74, 6) is -1.78. The molecule has 0 atom stereocenters. The number of hydrogen-bond acceptors (Lipinski definition) is 5. The maximum Gasteiger partial charge on any atom is 0.221 e. The van der Waals surface area contributed by atoms with E-state index in [1.807, 2.05) is 0 Å². The molecule has 20 heavy (non-hydrogen) atoms. The fourth-order valence-electron chi connectivity index (χ4n) is 1.53. The molecule has 6 nitrogen and oxygen atoms in total. The second-order valence-corrected chi connectivity index (χ2v) is 6.45. The smallest absolute Gasteiger partial charge is 0.221 e. The first-order valence-electron chi connectivity index (χ1n) is 6.20. The van der Waals surface area contributed by atoms with Gasteiger partial charge in [-0.05, 0) is 0 Å². The second kappa shape index (κ2) is 7.76. The van der Waals surface area contributed by atoms with Gasteiger partial charge in [-0.1, -0.05) is 30.3 Å². The van der Waals surface area contributed by atoms with E-state index in [9.17, 15) is 18.0 Å². The van der Waals surface area contributed by atoms with E-state index in [4.69, 9.17) is 5.73 Å². The topological polar surface area (TPSA) is 106 Å². The summed E-state index contributed by atoms with van der Waals surface area (Å²) in [5, 5.41) is 2.48. The summed E-state index contributed by atoms with van der Waals surface area (Å²) < 4.78 is 23.5. The minimum Gasteiger partial charge on any atom is -0.355 e. The van der Waals surface area contributed by atoms with Gasteiger partial charge in [-0.3, -0.25) is 9.59 Å². The molecule has 0 radical (unpaired) electrons. The number of carbonyl (C=O) groups excluding carboxylic acids is 2. The van der Waals surface area contributed by atoms with E-state index in [0.717, 1.165) is 0 Å². The van der Waals surface area contributed by atoms with Gasteiger partial charge in [0.2, 0.25) is 5.91 Å². The second-order valence-electron chi connectivity index (χ2n) is 4.27. The van der Waals surface area contributed by atoms with Crippen LogP contribution >= 0.6 is 0 Å². The van der Waals surface area contributed by atoms with Crippen LogP contribution in [0, 0.1) is 0 Å². The molecule has 0 aliphatic rings. The van der Waals surface area contributed by atoms with Gasteiger partial charge in [-0.25, -0.2) is 8.42 Å². The predicted molar refractivity (Wildman–Crippen MR) is 76.1 cm³/mol. The summed E-state index contributed by atoms with van der Waals surface area (Å²) in [7, 11) is -3.59. The molecule has 7 heteroatoms. The molecule has 0 aliphatic heterocycles. The lowest BCUT2D eigenvalue weighted by Gasteiger charge is -2.05. The molecule has 1 aromatic carbocycles. The quantitative estimate of drug-likeness (QED) is 0.644. The number of benzene rings is 1. The Morgan fingerprint density at radius 2 is 1.80 bits per heavy atom. The van der Waals surface area contributed by atoms with Crippen molar-refractivity contribution in [2.24, 2.45) is 5.73 Å². The number of rotatable bonds is 8. The standard InChI is InChI=1S/C13H18N2O4S/c14-7-8-15-13(17)6-9-20(18,19)10-12(16)11-4-2-1-3-5-11/h1-5H,6-10,14H2,(H,15,17). The van der Waals surface area contributed by atoms with Gasteiger partial charge in [0.05, 0.1) is 5.75 Å². The molecule has 3 N–H and O–H groups in total. The van der Waals surface area contributed by atoms with E-state index in [1.54, 1.807) is 30.3 Å². The predicted octanol–water partition coefficient (Wildman–Crippen LogP) is -0.251. The molecule has 0 bridgehead atoms. The van der Waals surface area contributed by atoms with Crippen LogP contribution in [0.4, 0.5) is 0 Å². The van der Waals surface area contributed by atoms with Gasteiger partial charge in [0.15, 0.2) is 15.6 Å². The van der Waals surface area contributed by atoms with Gasteiger partial charge in [-0.15, -0.1) is 0 Å². The largest absolute Gasteiger partial charge is 0.355 e. The number of sulfone groups is 1. The molecule has 1 rings (SSSR count). The molecule has 0 aromatic heterocycles. The van der Waals surface area contributed by atoms with Crippen molar-refractivity contribution in [3.63, 3.8) is 0 Å². The third-order valence-electron chi connectivity index (χ3n) is 2.55. The Labute approximate surface area is 118 Å². The van der Waals surface area contributed by atoms with Crippen molar-refractivity contribution in [1.29, 1.82) is 0 Å². The zero-order valence-corrected chi connectivity index (χ0v) is 11.9. The van der Waals surface area contributed by atoms with Crippen molar-refractivity contribution < 1.29 is 18.0 Å². The van der Waals surface area contributed by atoms with Crippen LogP contribution in [-0.2, 0) is 14.6 Å². The summed E-state index contributed by atoms with van der Waals surface area (Å²) >= 11 is 0. The third kappa shape index (κ3) is 5.94. The Morgan fingerprint density at radius 1 is 1.15 bits per heavy atom. The minimum atomic E-state index is -3.59. The van der Waals surface area contributed by atoms with E-state index >= 15 is 0 Å². The highest BCUT2D eigenvalue weighted by atomic mass is 32.2. The molecule has 0 saturated heterocycles. The van der Waals surface area contributed by atoms with Crippen LogP contribution in [0.15, 0.2) is 30.3 Å². The molecule has 0 saturated carbocycles. The molecule has 110 valence electrons. The van der Waals surface area contributed by atoms with Crippen LogP contribution in [0.5, 0.6) is 0 Å². The zero-order valence-electron chi connectivity index (χ0n) is 11.0. The lowest BCUT2D eigenvalue weighted by molar-refractivity contribution is -0.120. The Hall–Kier alpha value is -1.73. The number of Topliss-reactive ketones (excluding diaryl/α,β-unsaturated/α-hetero) is 1. The number of carbonyl (C=O) groups is 2. The molecular weight excluding hydrogens is 280 g/mol. The molecule has 0 heterocycles. The summed E-state index contributed by atoms with van der Waals surface area (Å²) in [5.41, 5.74) is 5.56. The maximum atomic E-state index is 11.8. The van der Waals surface area contributed by atoms with Gasteiger partial charge in [0, 0.05) is 25.1 Å². The van der Waals surface area contributed by atoms with Crippen molar-refractivity contribution in [2.45, 2.75) is 6.42 Å². The lowest BCUT2D eigenvalue weighted by atomic mass is 10.2. The van der Waals surface area contributed by atoms with Gasteiger partial charge < -0.3 is 11.1 Å². The first-order chi connectivity index (χ1) is 9.44. The van der Waals surface area contributed by atoms with Crippen molar-refractivity contribution in [3.05, 3.63) is 35.9 Å². The zero-order chi connectivity index (χ0) is 15.0. The molecule has 0 spiro atoms. The lowest BCUT2D eigenvalue weighted by Crippen LogP contribution is -2.31. The fraction of sp³-hybridized carbons (Fsp3) is 0.385. The van der Waals surface area contributed by atoms with Crippen molar-refractivity contribution in [3.8, 4) is 0 Å². The van der Waals surface area contributed by atoms with Crippen LogP contribution in [0.3, 0.4) is 0 Å². The van der Waals surface area contributed by atoms with Crippen LogP contribution in [0.2, 0.25) is 0 Å². The normalized spacial score (nSPS) is 11.1. The highest BCUT2D eigenvalue weighted by molar-refractivity contribution is 7.92. The molecule has 0 fully saturated rings. The first kappa shape index (κ1) is 16.3.